The van der Waals surface area contributed by atoms with Gasteiger partial charge in [-0.25, -0.2) is 4.79 Å². The minimum absolute atomic E-state index is 0.149. The number of phenolic OH excluding ortho intramolecular Hbond substituents is 1. The molecule has 106 valence electrons. The number of hydrogen-bond acceptors (Lipinski definition) is 4. The molecule has 1 aromatic heterocycles. The molecule has 0 saturated heterocycles. The Kier molecular flexibility index (Phi) is 3.50. The van der Waals surface area contributed by atoms with Crippen LogP contribution >= 0.6 is 11.3 Å². The largest absolute Gasteiger partial charge is 0.508 e. The van der Waals surface area contributed by atoms with Gasteiger partial charge >= 0.3 is 5.97 Å². The van der Waals surface area contributed by atoms with E-state index in [0.717, 1.165) is 15.6 Å². The molecule has 5 heteroatoms. The number of phenols is 1. The predicted octanol–water partition coefficient (Wildman–Crippen LogP) is 3.88. The molecule has 0 aliphatic carbocycles. The van der Waals surface area contributed by atoms with Gasteiger partial charge in [0.15, 0.2) is 0 Å². The number of carbonyl (C=O) groups is 1. The highest BCUT2D eigenvalue weighted by molar-refractivity contribution is 7.17. The molecular weight excluding hydrogens is 288 g/mol. The summed E-state index contributed by atoms with van der Waals surface area (Å²) in [7, 11) is 0. The number of aromatic carboxylic acids is 1. The van der Waals surface area contributed by atoms with Gasteiger partial charge in [0.1, 0.15) is 18.1 Å². The smallest absolute Gasteiger partial charge is 0.335 e. The van der Waals surface area contributed by atoms with Gasteiger partial charge in [-0.05, 0) is 41.1 Å². The van der Waals surface area contributed by atoms with E-state index in [1.165, 1.54) is 6.07 Å². The summed E-state index contributed by atoms with van der Waals surface area (Å²) in [6, 6.07) is 11.6. The maximum atomic E-state index is 11.0. The van der Waals surface area contributed by atoms with Crippen LogP contribution < -0.4 is 4.74 Å². The zero-order chi connectivity index (χ0) is 14.8. The summed E-state index contributed by atoms with van der Waals surface area (Å²) in [5, 5.41) is 21.3. The average molecular weight is 300 g/mol. The summed E-state index contributed by atoms with van der Waals surface area (Å²) in [5.74, 6) is -0.220. The number of ether oxygens (including phenoxy) is 1. The summed E-state index contributed by atoms with van der Waals surface area (Å²) in [6.45, 7) is 0.326. The van der Waals surface area contributed by atoms with Crippen LogP contribution in [0.3, 0.4) is 0 Å². The molecule has 0 spiro atoms. The second-order valence-corrected chi connectivity index (χ2v) is 5.47. The quantitative estimate of drug-likeness (QED) is 0.767. The van der Waals surface area contributed by atoms with Crippen molar-refractivity contribution in [1.82, 2.24) is 0 Å². The van der Waals surface area contributed by atoms with Crippen LogP contribution in [-0.4, -0.2) is 16.2 Å². The van der Waals surface area contributed by atoms with Gasteiger partial charge in [0.2, 0.25) is 0 Å². The molecule has 4 nitrogen and oxygen atoms in total. The predicted molar refractivity (Wildman–Crippen MR) is 81.2 cm³/mol. The van der Waals surface area contributed by atoms with Crippen molar-refractivity contribution in [2.45, 2.75) is 6.61 Å². The van der Waals surface area contributed by atoms with Crippen LogP contribution in [-0.2, 0) is 6.61 Å². The van der Waals surface area contributed by atoms with Crippen molar-refractivity contribution in [2.75, 3.05) is 0 Å². The van der Waals surface area contributed by atoms with Crippen LogP contribution in [0.1, 0.15) is 15.9 Å². The number of hydrogen-bond donors (Lipinski definition) is 2. The molecule has 3 aromatic rings. The van der Waals surface area contributed by atoms with Crippen LogP contribution in [0.2, 0.25) is 0 Å². The van der Waals surface area contributed by atoms with Gasteiger partial charge < -0.3 is 14.9 Å². The fourth-order valence-electron chi connectivity index (χ4n) is 2.06. The lowest BCUT2D eigenvalue weighted by molar-refractivity contribution is 0.0697. The van der Waals surface area contributed by atoms with Crippen molar-refractivity contribution in [2.24, 2.45) is 0 Å². The zero-order valence-corrected chi connectivity index (χ0v) is 11.8. The molecule has 0 aliphatic heterocycles. The number of carboxylic acid groups (broad SMARTS) is 1. The van der Waals surface area contributed by atoms with Crippen molar-refractivity contribution >= 4 is 27.4 Å². The Morgan fingerprint density at radius 3 is 2.81 bits per heavy atom. The standard InChI is InChI=1S/C16H12O4S/c17-12-2-1-3-13(7-12)20-8-11-9-21-15-5-4-10(16(18)19)6-14(11)15/h1-7,9,17H,8H2,(H,18,19). The van der Waals surface area contributed by atoms with Gasteiger partial charge in [-0.2, -0.15) is 0 Å². The Morgan fingerprint density at radius 2 is 2.05 bits per heavy atom. The monoisotopic (exact) mass is 300 g/mol. The van der Waals surface area contributed by atoms with Gasteiger partial charge in [-0.15, -0.1) is 11.3 Å². The highest BCUT2D eigenvalue weighted by Crippen LogP contribution is 2.28. The first-order chi connectivity index (χ1) is 10.1. The third-order valence-electron chi connectivity index (χ3n) is 3.11. The number of carboxylic acids is 1. The SMILES string of the molecule is O=C(O)c1ccc2scc(COc3cccc(O)c3)c2c1. The highest BCUT2D eigenvalue weighted by atomic mass is 32.1. The van der Waals surface area contributed by atoms with E-state index in [1.54, 1.807) is 47.7 Å². The van der Waals surface area contributed by atoms with Crippen LogP contribution in [0, 0.1) is 0 Å². The van der Waals surface area contributed by atoms with Crippen LogP contribution in [0.25, 0.3) is 10.1 Å². The van der Waals surface area contributed by atoms with E-state index in [1.807, 2.05) is 5.38 Å². The molecule has 0 unspecified atom stereocenters. The molecule has 0 radical (unpaired) electrons. The first-order valence-corrected chi connectivity index (χ1v) is 7.17. The number of aromatic hydroxyl groups is 1. The molecule has 0 saturated carbocycles. The van der Waals surface area contributed by atoms with E-state index in [4.69, 9.17) is 9.84 Å². The molecule has 0 atom stereocenters. The number of thiophene rings is 1. The van der Waals surface area contributed by atoms with E-state index in [2.05, 4.69) is 0 Å². The maximum Gasteiger partial charge on any atom is 0.335 e. The minimum Gasteiger partial charge on any atom is -0.508 e. The summed E-state index contributed by atoms with van der Waals surface area (Å²) >= 11 is 1.55. The fourth-order valence-corrected chi connectivity index (χ4v) is 2.99. The minimum atomic E-state index is -0.942. The van der Waals surface area contributed by atoms with Crippen LogP contribution in [0.15, 0.2) is 47.8 Å². The Bertz CT molecular complexity index is 807. The van der Waals surface area contributed by atoms with Crippen molar-refractivity contribution < 1.29 is 19.7 Å². The molecule has 1 heterocycles. The molecule has 2 N–H and O–H groups in total. The Balaban J connectivity index is 1.86. The molecular formula is C16H12O4S. The number of fused-ring (bicyclic) bond motifs is 1. The van der Waals surface area contributed by atoms with Crippen molar-refractivity contribution in [1.29, 1.82) is 0 Å². The van der Waals surface area contributed by atoms with E-state index < -0.39 is 5.97 Å². The summed E-state index contributed by atoms with van der Waals surface area (Å²) in [4.78, 5) is 11.0. The van der Waals surface area contributed by atoms with E-state index in [-0.39, 0.29) is 11.3 Å². The normalized spacial score (nSPS) is 10.7. The van der Waals surface area contributed by atoms with Crippen molar-refractivity contribution in [3.8, 4) is 11.5 Å². The second kappa shape index (κ2) is 5.46. The molecule has 21 heavy (non-hydrogen) atoms. The second-order valence-electron chi connectivity index (χ2n) is 4.56. The number of rotatable bonds is 4. The Labute approximate surface area is 124 Å². The van der Waals surface area contributed by atoms with Crippen LogP contribution in [0.4, 0.5) is 0 Å². The van der Waals surface area contributed by atoms with Gasteiger partial charge in [-0.3, -0.25) is 0 Å². The summed E-state index contributed by atoms with van der Waals surface area (Å²) in [6.07, 6.45) is 0. The molecule has 0 aliphatic rings. The topological polar surface area (TPSA) is 66.8 Å². The highest BCUT2D eigenvalue weighted by Gasteiger charge is 2.09. The maximum absolute atomic E-state index is 11.0. The number of benzene rings is 2. The first kappa shape index (κ1) is 13.5. The van der Waals surface area contributed by atoms with Crippen molar-refractivity contribution in [3.63, 3.8) is 0 Å². The van der Waals surface area contributed by atoms with Gasteiger partial charge in [-0.1, -0.05) is 6.07 Å². The lowest BCUT2D eigenvalue weighted by atomic mass is 10.1. The molecule has 2 aromatic carbocycles. The van der Waals surface area contributed by atoms with E-state index in [9.17, 15) is 9.90 Å². The van der Waals surface area contributed by atoms with Gasteiger partial charge in [0.25, 0.3) is 0 Å². The lowest BCUT2D eigenvalue weighted by Gasteiger charge is -2.06. The first-order valence-electron chi connectivity index (χ1n) is 6.29. The molecule has 0 bridgehead atoms. The zero-order valence-electron chi connectivity index (χ0n) is 10.9. The summed E-state index contributed by atoms with van der Waals surface area (Å²) in [5.41, 5.74) is 1.20. The van der Waals surface area contributed by atoms with Crippen LogP contribution in [0.5, 0.6) is 11.5 Å². The Morgan fingerprint density at radius 1 is 1.19 bits per heavy atom. The third kappa shape index (κ3) is 2.83. The summed E-state index contributed by atoms with van der Waals surface area (Å²) < 4.78 is 6.66. The molecule has 3 rings (SSSR count). The third-order valence-corrected chi connectivity index (χ3v) is 4.12. The molecule has 0 fully saturated rings. The van der Waals surface area contributed by atoms with E-state index in [0.29, 0.717) is 12.4 Å². The fraction of sp³-hybridized carbons (Fsp3) is 0.0625. The van der Waals surface area contributed by atoms with Gasteiger partial charge in [0.05, 0.1) is 5.56 Å². The lowest BCUT2D eigenvalue weighted by Crippen LogP contribution is -1.97. The molecule has 0 amide bonds. The van der Waals surface area contributed by atoms with Gasteiger partial charge in [0, 0.05) is 16.3 Å². The average Bonchev–Trinajstić information content (AvgIpc) is 2.87. The Hall–Kier alpha value is -2.53. The van der Waals surface area contributed by atoms with Crippen molar-refractivity contribution in [3.05, 3.63) is 59.0 Å². The van der Waals surface area contributed by atoms with E-state index >= 15 is 0 Å².